The summed E-state index contributed by atoms with van der Waals surface area (Å²) in [5, 5.41) is 15.4. The highest BCUT2D eigenvalue weighted by molar-refractivity contribution is 5.95. The van der Waals surface area contributed by atoms with Gasteiger partial charge in [0.2, 0.25) is 17.7 Å². The van der Waals surface area contributed by atoms with Crippen LogP contribution in [-0.2, 0) is 54.6 Å². The number of aliphatic carboxylic acids is 1. The number of piperazine rings is 2. The van der Waals surface area contributed by atoms with Gasteiger partial charge >= 0.3 is 12.1 Å². The largest absolute Gasteiger partial charge is 0.490 e. The summed E-state index contributed by atoms with van der Waals surface area (Å²) < 4.78 is 23.3. The number of carbonyl (C=O) groups is 5. The summed E-state index contributed by atoms with van der Waals surface area (Å²) in [7, 11) is 3.75. The summed E-state index contributed by atoms with van der Waals surface area (Å²) in [6.07, 6.45) is 6.51. The first-order valence-corrected chi connectivity index (χ1v) is 30.6. The number of nitrogens with zero attached hydrogens (tertiary/aromatic N) is 5. The lowest BCUT2D eigenvalue weighted by Crippen LogP contribution is -2.54. The fourth-order valence-electron chi connectivity index (χ4n) is 11.9. The fraction of sp³-hybridized carbons (Fsp3) is 0.567. The van der Waals surface area contributed by atoms with E-state index < -0.39 is 11.6 Å². The molecule has 458 valence electrons. The third-order valence-corrected chi connectivity index (χ3v) is 16.6. The van der Waals surface area contributed by atoms with Gasteiger partial charge in [0.25, 0.3) is 0 Å². The fourth-order valence-corrected chi connectivity index (χ4v) is 11.9. The number of carboxylic acids is 1. The molecule has 2 aliphatic heterocycles. The third kappa shape index (κ3) is 19.8. The van der Waals surface area contributed by atoms with E-state index in [1.807, 2.05) is 94.1 Å². The number of nitrogens with one attached hydrogen (secondary N) is 2. The van der Waals surface area contributed by atoms with Gasteiger partial charge in [0.05, 0.1) is 31.7 Å². The Morgan fingerprint density at radius 1 is 0.667 bits per heavy atom. The topological polar surface area (TPSA) is 183 Å². The Labute approximate surface area is 499 Å². The van der Waals surface area contributed by atoms with Crippen LogP contribution in [0.5, 0.6) is 11.5 Å². The van der Waals surface area contributed by atoms with Crippen molar-refractivity contribution in [3.63, 3.8) is 0 Å². The summed E-state index contributed by atoms with van der Waals surface area (Å²) in [6.45, 7) is 24.9. The smallest absolute Gasteiger partial charge is 0.410 e. The lowest BCUT2D eigenvalue weighted by molar-refractivity contribution is -0.136. The molecule has 2 saturated heterocycles. The molecule has 4 fully saturated rings. The van der Waals surface area contributed by atoms with Gasteiger partial charge < -0.3 is 49.4 Å². The second-order valence-corrected chi connectivity index (χ2v) is 24.6. The summed E-state index contributed by atoms with van der Waals surface area (Å²) in [5.41, 5.74) is 7.90. The number of benzene rings is 4. The SMILES string of the molecule is CCOCCNC(=O)Cc1cccc(O[C@H]2CC[C@H](C(=O)N(C)c3ccc(CN4CCN[C@@H](C)C4)c(C)c3)CC2)c1.Cc1cc(N(C)C(=O)[C@H]2CC[C@H](Oc3cccc(CC(=O)O)c3)CC2)ccc1CN1CCN(C(=O)OC(C)(C)C)[C@@H](C)C1. The predicted octanol–water partition coefficient (Wildman–Crippen LogP) is 9.75. The van der Waals surface area contributed by atoms with Crippen LogP contribution in [0.3, 0.4) is 0 Å². The van der Waals surface area contributed by atoms with Crippen molar-refractivity contribution < 1.29 is 48.0 Å². The van der Waals surface area contributed by atoms with E-state index in [1.165, 1.54) is 16.7 Å². The number of carboxylic acid groups (broad SMARTS) is 1. The van der Waals surface area contributed by atoms with E-state index in [2.05, 4.69) is 78.5 Å². The van der Waals surface area contributed by atoms with Crippen LogP contribution < -0.4 is 29.9 Å². The molecule has 17 nitrogen and oxygen atoms in total. The molecular weight excluding hydrogens is 1060 g/mol. The highest BCUT2D eigenvalue weighted by Gasteiger charge is 2.34. The Bertz CT molecular complexity index is 2820. The van der Waals surface area contributed by atoms with Gasteiger partial charge in [-0.2, -0.15) is 0 Å². The number of rotatable bonds is 20. The second kappa shape index (κ2) is 31.0. The van der Waals surface area contributed by atoms with Crippen LogP contribution in [0.4, 0.5) is 16.2 Å². The number of carbonyl (C=O) groups excluding carboxylic acids is 4. The molecule has 8 rings (SSSR count). The Morgan fingerprint density at radius 3 is 1.64 bits per heavy atom. The molecule has 0 aromatic heterocycles. The summed E-state index contributed by atoms with van der Waals surface area (Å²) in [4.78, 5) is 72.9. The Balaban J connectivity index is 0.000000241. The third-order valence-electron chi connectivity index (χ3n) is 16.6. The maximum absolute atomic E-state index is 13.4. The summed E-state index contributed by atoms with van der Waals surface area (Å²) in [6, 6.07) is 28.3. The number of ether oxygens (including phenoxy) is 4. The molecule has 2 heterocycles. The molecule has 2 aliphatic carbocycles. The van der Waals surface area contributed by atoms with Gasteiger partial charge in [0.1, 0.15) is 17.1 Å². The van der Waals surface area contributed by atoms with Gasteiger partial charge in [-0.25, -0.2) is 4.79 Å². The maximum atomic E-state index is 13.4. The van der Waals surface area contributed by atoms with Crippen molar-refractivity contribution in [1.29, 1.82) is 0 Å². The minimum Gasteiger partial charge on any atom is -0.490 e. The zero-order chi connectivity index (χ0) is 60.5. The molecule has 4 aromatic carbocycles. The van der Waals surface area contributed by atoms with Gasteiger partial charge in [0, 0.05) is 115 Å². The van der Waals surface area contributed by atoms with E-state index in [0.29, 0.717) is 50.1 Å². The number of hydrogen-bond acceptors (Lipinski definition) is 12. The summed E-state index contributed by atoms with van der Waals surface area (Å²) in [5.74, 6) is 0.840. The van der Waals surface area contributed by atoms with E-state index in [1.54, 1.807) is 17.0 Å². The zero-order valence-electron chi connectivity index (χ0n) is 51.8. The lowest BCUT2D eigenvalue weighted by atomic mass is 9.86. The van der Waals surface area contributed by atoms with Gasteiger partial charge in [-0.15, -0.1) is 0 Å². The lowest BCUT2D eigenvalue weighted by Gasteiger charge is -2.40. The molecule has 2 atom stereocenters. The van der Waals surface area contributed by atoms with E-state index in [-0.39, 0.29) is 60.3 Å². The van der Waals surface area contributed by atoms with E-state index in [0.717, 1.165) is 125 Å². The zero-order valence-corrected chi connectivity index (χ0v) is 51.8. The molecular formula is C67H95N7O10. The van der Waals surface area contributed by atoms with Crippen molar-refractivity contribution in [2.75, 3.05) is 82.9 Å². The molecule has 4 aromatic rings. The van der Waals surface area contributed by atoms with Gasteiger partial charge in [-0.1, -0.05) is 36.4 Å². The van der Waals surface area contributed by atoms with Crippen molar-refractivity contribution >= 4 is 41.2 Å². The molecule has 84 heavy (non-hydrogen) atoms. The van der Waals surface area contributed by atoms with Crippen LogP contribution in [-0.4, -0.2) is 153 Å². The standard InChI is InChI=1S/C34H47N3O6.C33H48N4O4/c1-23-18-28(13-10-27(23)22-36-16-17-37(24(2)21-36)33(41)43-34(3,4)5)35(6)32(40)26-11-14-29(15-12-26)42-30-9-7-8-25(19-30)20-31(38)39;1-5-40-18-16-35-32(38)21-26-7-6-8-31(20-26)41-30-13-10-27(11-14-30)33(39)36(4)29-12-9-28(24(2)19-29)23-37-17-15-34-25(3)22-37/h7-10,13,18-19,24,26,29H,11-12,14-17,20-22H2,1-6H3,(H,38,39);6-9,12,19-20,25,27,30,34H,5,10-11,13-18,21-23H2,1-4H3,(H,35,38)/t24-,26-,29-;25-,27-,30-/m00/s1. The first-order valence-electron chi connectivity index (χ1n) is 30.6. The normalized spacial score (nSPS) is 21.3. The number of hydrogen-bond donors (Lipinski definition) is 3. The Hall–Kier alpha value is -6.53. The summed E-state index contributed by atoms with van der Waals surface area (Å²) >= 11 is 0. The molecule has 0 unspecified atom stereocenters. The molecule has 4 aliphatic rings. The van der Waals surface area contributed by atoms with Crippen molar-refractivity contribution in [3.8, 4) is 11.5 Å². The molecule has 0 radical (unpaired) electrons. The highest BCUT2D eigenvalue weighted by atomic mass is 16.6. The van der Waals surface area contributed by atoms with Crippen LogP contribution in [0.2, 0.25) is 0 Å². The van der Waals surface area contributed by atoms with Crippen LogP contribution >= 0.6 is 0 Å². The van der Waals surface area contributed by atoms with Gasteiger partial charge in [-0.05, 0) is 189 Å². The maximum Gasteiger partial charge on any atom is 0.410 e. The van der Waals surface area contributed by atoms with Crippen molar-refractivity contribution in [2.24, 2.45) is 11.8 Å². The number of amides is 4. The van der Waals surface area contributed by atoms with Crippen molar-refractivity contribution in [3.05, 3.63) is 118 Å². The van der Waals surface area contributed by atoms with Crippen LogP contribution in [0, 0.1) is 25.7 Å². The molecule has 3 N–H and O–H groups in total. The molecule has 0 bridgehead atoms. The predicted molar refractivity (Wildman–Crippen MR) is 330 cm³/mol. The van der Waals surface area contributed by atoms with E-state index in [4.69, 9.17) is 24.1 Å². The van der Waals surface area contributed by atoms with Crippen molar-refractivity contribution in [2.45, 2.75) is 163 Å². The van der Waals surface area contributed by atoms with Crippen molar-refractivity contribution in [1.82, 2.24) is 25.3 Å². The molecule has 0 spiro atoms. The second-order valence-electron chi connectivity index (χ2n) is 24.6. The van der Waals surface area contributed by atoms with Crippen LogP contribution in [0.1, 0.15) is 126 Å². The Kier molecular flexibility index (Phi) is 24.0. The molecule has 2 saturated carbocycles. The average molecular weight is 1160 g/mol. The molecule has 4 amide bonds. The minimum absolute atomic E-state index is 0.00823. The average Bonchev–Trinajstić information content (AvgIpc) is 3.51. The first-order chi connectivity index (χ1) is 40.1. The Morgan fingerprint density at radius 2 is 1.18 bits per heavy atom. The van der Waals surface area contributed by atoms with E-state index >= 15 is 0 Å². The van der Waals surface area contributed by atoms with Gasteiger partial charge in [0.15, 0.2) is 0 Å². The number of aryl methyl sites for hydroxylation is 2. The minimum atomic E-state index is -0.866. The highest BCUT2D eigenvalue weighted by Crippen LogP contribution is 2.33. The quantitative estimate of drug-likeness (QED) is 0.0712. The monoisotopic (exact) mass is 1160 g/mol. The molecule has 17 heteroatoms. The van der Waals surface area contributed by atoms with Crippen LogP contribution in [0.15, 0.2) is 84.9 Å². The van der Waals surface area contributed by atoms with E-state index in [9.17, 15) is 24.0 Å². The first kappa shape index (κ1) is 65.0. The van der Waals surface area contributed by atoms with Crippen LogP contribution in [0.25, 0.3) is 0 Å². The van der Waals surface area contributed by atoms with Gasteiger partial charge in [-0.3, -0.25) is 29.0 Å². The number of anilines is 2.